The average molecular weight is 274 g/mol. The number of hydrogen-bond acceptors (Lipinski definition) is 4. The molecule has 2 fully saturated rings. The first-order valence-electron chi connectivity index (χ1n) is 7.15. The van der Waals surface area contributed by atoms with Crippen LogP contribution in [0.5, 0.6) is 0 Å². The van der Waals surface area contributed by atoms with Gasteiger partial charge in [0.2, 0.25) is 0 Å². The fourth-order valence-corrected chi connectivity index (χ4v) is 3.99. The van der Waals surface area contributed by atoms with Gasteiger partial charge in [0.1, 0.15) is 9.84 Å². The molecular formula is C13H26N2O2S. The Morgan fingerprint density at radius 2 is 2.06 bits per heavy atom. The topological polar surface area (TPSA) is 40.6 Å². The number of sulfone groups is 1. The van der Waals surface area contributed by atoms with Crippen LogP contribution in [0.15, 0.2) is 0 Å². The molecule has 0 aliphatic carbocycles. The van der Waals surface area contributed by atoms with Crippen molar-refractivity contribution in [3.63, 3.8) is 0 Å². The lowest BCUT2D eigenvalue weighted by molar-refractivity contribution is 0.0495. The molecule has 18 heavy (non-hydrogen) atoms. The van der Waals surface area contributed by atoms with Crippen molar-refractivity contribution >= 4 is 9.84 Å². The Labute approximate surface area is 111 Å². The van der Waals surface area contributed by atoms with Gasteiger partial charge >= 0.3 is 0 Å². The SMILES string of the molecule is CCC1CN2CCCC2CN1CCCS(C)(=O)=O. The molecule has 0 aromatic heterocycles. The van der Waals surface area contributed by atoms with E-state index >= 15 is 0 Å². The van der Waals surface area contributed by atoms with E-state index in [9.17, 15) is 8.42 Å². The van der Waals surface area contributed by atoms with Crippen molar-refractivity contribution in [3.05, 3.63) is 0 Å². The maximum atomic E-state index is 11.2. The monoisotopic (exact) mass is 274 g/mol. The van der Waals surface area contributed by atoms with Crippen LogP contribution in [0.25, 0.3) is 0 Å². The molecule has 2 aliphatic rings. The van der Waals surface area contributed by atoms with Crippen LogP contribution < -0.4 is 0 Å². The van der Waals surface area contributed by atoms with Gasteiger partial charge in [-0.2, -0.15) is 0 Å². The highest BCUT2D eigenvalue weighted by Crippen LogP contribution is 2.25. The van der Waals surface area contributed by atoms with Crippen LogP contribution in [0.2, 0.25) is 0 Å². The van der Waals surface area contributed by atoms with Gasteiger partial charge in [-0.15, -0.1) is 0 Å². The summed E-state index contributed by atoms with van der Waals surface area (Å²) in [7, 11) is -2.80. The highest BCUT2D eigenvalue weighted by molar-refractivity contribution is 7.90. The van der Waals surface area contributed by atoms with Crippen LogP contribution in [0.3, 0.4) is 0 Å². The molecule has 0 aromatic carbocycles. The minimum atomic E-state index is -2.80. The minimum absolute atomic E-state index is 0.328. The van der Waals surface area contributed by atoms with Crippen molar-refractivity contribution in [2.45, 2.75) is 44.7 Å². The molecule has 106 valence electrons. The average Bonchev–Trinajstić information content (AvgIpc) is 2.73. The molecule has 2 heterocycles. The summed E-state index contributed by atoms with van der Waals surface area (Å²) in [6, 6.07) is 1.35. The lowest BCUT2D eigenvalue weighted by Crippen LogP contribution is -2.56. The second kappa shape index (κ2) is 5.88. The van der Waals surface area contributed by atoms with Crippen molar-refractivity contribution in [1.82, 2.24) is 9.80 Å². The summed E-state index contributed by atoms with van der Waals surface area (Å²) >= 11 is 0. The molecule has 0 amide bonds. The predicted octanol–water partition coefficient (Wildman–Crippen LogP) is 0.980. The maximum absolute atomic E-state index is 11.2. The third-order valence-corrected chi connectivity index (χ3v) is 5.37. The first-order chi connectivity index (χ1) is 8.49. The van der Waals surface area contributed by atoms with E-state index < -0.39 is 9.84 Å². The van der Waals surface area contributed by atoms with Crippen LogP contribution >= 0.6 is 0 Å². The Hall–Kier alpha value is -0.130. The number of nitrogens with zero attached hydrogens (tertiary/aromatic N) is 2. The normalized spacial score (nSPS) is 30.6. The Kier molecular flexibility index (Phi) is 4.67. The van der Waals surface area contributed by atoms with Crippen molar-refractivity contribution in [2.75, 3.05) is 38.2 Å². The predicted molar refractivity (Wildman–Crippen MR) is 74.6 cm³/mol. The highest BCUT2D eigenvalue weighted by Gasteiger charge is 2.35. The van der Waals surface area contributed by atoms with Crippen molar-refractivity contribution in [1.29, 1.82) is 0 Å². The van der Waals surface area contributed by atoms with E-state index in [-0.39, 0.29) is 0 Å². The zero-order chi connectivity index (χ0) is 13.2. The van der Waals surface area contributed by atoms with E-state index in [1.165, 1.54) is 38.6 Å². The van der Waals surface area contributed by atoms with E-state index in [0.717, 1.165) is 25.6 Å². The van der Waals surface area contributed by atoms with E-state index in [1.807, 2.05) is 0 Å². The lowest BCUT2D eigenvalue weighted by Gasteiger charge is -2.43. The summed E-state index contributed by atoms with van der Waals surface area (Å²) < 4.78 is 22.4. The van der Waals surface area contributed by atoms with Gasteiger partial charge in [-0.25, -0.2) is 8.42 Å². The Morgan fingerprint density at radius 3 is 2.72 bits per heavy atom. The Bertz CT molecular complexity index is 369. The van der Waals surface area contributed by atoms with E-state index in [1.54, 1.807) is 0 Å². The maximum Gasteiger partial charge on any atom is 0.147 e. The zero-order valence-electron chi connectivity index (χ0n) is 11.6. The molecule has 2 unspecified atom stereocenters. The highest BCUT2D eigenvalue weighted by atomic mass is 32.2. The van der Waals surface area contributed by atoms with Crippen molar-refractivity contribution in [3.8, 4) is 0 Å². The van der Waals surface area contributed by atoms with Gasteiger partial charge in [-0.05, 0) is 38.8 Å². The Balaban J connectivity index is 1.85. The number of hydrogen-bond donors (Lipinski definition) is 0. The smallest absolute Gasteiger partial charge is 0.147 e. The standard InChI is InChI=1S/C13H26N2O2S/c1-3-12-10-15-7-4-6-13(15)11-14(12)8-5-9-18(2,16)17/h12-13H,3-11H2,1-2H3. The van der Waals surface area contributed by atoms with E-state index in [4.69, 9.17) is 0 Å². The summed E-state index contributed by atoms with van der Waals surface area (Å²) in [4.78, 5) is 5.15. The summed E-state index contributed by atoms with van der Waals surface area (Å²) in [6.45, 7) is 6.77. The van der Waals surface area contributed by atoms with Crippen LogP contribution in [0, 0.1) is 0 Å². The summed E-state index contributed by atoms with van der Waals surface area (Å²) in [6.07, 6.45) is 5.93. The molecular weight excluding hydrogens is 248 g/mol. The summed E-state index contributed by atoms with van der Waals surface area (Å²) in [5.41, 5.74) is 0. The fourth-order valence-electron chi connectivity index (χ4n) is 3.34. The molecule has 4 nitrogen and oxygen atoms in total. The third-order valence-electron chi connectivity index (χ3n) is 4.34. The lowest BCUT2D eigenvalue weighted by atomic mass is 10.0. The molecule has 0 aromatic rings. The molecule has 0 bridgehead atoms. The van der Waals surface area contributed by atoms with Gasteiger partial charge in [0.05, 0.1) is 5.75 Å². The fraction of sp³-hybridized carbons (Fsp3) is 1.00. The van der Waals surface area contributed by atoms with Gasteiger partial charge in [-0.1, -0.05) is 6.92 Å². The first kappa shape index (κ1) is 14.3. The van der Waals surface area contributed by atoms with Crippen LogP contribution in [0.1, 0.15) is 32.6 Å². The van der Waals surface area contributed by atoms with Gasteiger partial charge in [-0.3, -0.25) is 9.80 Å². The molecule has 0 spiro atoms. The first-order valence-corrected chi connectivity index (χ1v) is 9.21. The largest absolute Gasteiger partial charge is 0.298 e. The number of rotatable bonds is 5. The molecule has 2 atom stereocenters. The number of fused-ring (bicyclic) bond motifs is 1. The quantitative estimate of drug-likeness (QED) is 0.749. The van der Waals surface area contributed by atoms with Crippen LogP contribution in [0.4, 0.5) is 0 Å². The molecule has 0 N–H and O–H groups in total. The molecule has 2 aliphatic heterocycles. The zero-order valence-corrected chi connectivity index (χ0v) is 12.5. The summed E-state index contributed by atoms with van der Waals surface area (Å²) in [5, 5.41) is 0. The second-order valence-electron chi connectivity index (χ2n) is 5.83. The van der Waals surface area contributed by atoms with Gasteiger partial charge in [0.25, 0.3) is 0 Å². The van der Waals surface area contributed by atoms with Crippen molar-refractivity contribution in [2.24, 2.45) is 0 Å². The Morgan fingerprint density at radius 1 is 1.28 bits per heavy atom. The van der Waals surface area contributed by atoms with Crippen LogP contribution in [-0.4, -0.2) is 68.5 Å². The molecule has 5 heteroatoms. The number of piperazine rings is 1. The van der Waals surface area contributed by atoms with Gasteiger partial charge in [0, 0.05) is 31.4 Å². The van der Waals surface area contributed by atoms with Gasteiger partial charge in [0.15, 0.2) is 0 Å². The van der Waals surface area contributed by atoms with E-state index in [2.05, 4.69) is 16.7 Å². The van der Waals surface area contributed by atoms with Crippen molar-refractivity contribution < 1.29 is 8.42 Å². The molecule has 2 rings (SSSR count). The third kappa shape index (κ3) is 3.68. The van der Waals surface area contributed by atoms with Gasteiger partial charge < -0.3 is 0 Å². The summed E-state index contributed by atoms with van der Waals surface area (Å²) in [5.74, 6) is 0.328. The van der Waals surface area contributed by atoms with E-state index in [0.29, 0.717) is 11.8 Å². The second-order valence-corrected chi connectivity index (χ2v) is 8.09. The minimum Gasteiger partial charge on any atom is -0.298 e. The van der Waals surface area contributed by atoms with Crippen LogP contribution in [-0.2, 0) is 9.84 Å². The molecule has 0 radical (unpaired) electrons. The molecule has 0 saturated carbocycles. The molecule has 2 saturated heterocycles.